The fraction of sp³-hybridized carbons (Fsp3) is 0.615. The second-order valence-electron chi connectivity index (χ2n) is 5.08. The largest absolute Gasteiger partial charge is 0.397 e. The number of hydrogen-bond donors (Lipinski definition) is 1. The lowest BCUT2D eigenvalue weighted by molar-refractivity contribution is 0.0673. The molecule has 1 aliphatic rings. The van der Waals surface area contributed by atoms with Crippen molar-refractivity contribution in [3.63, 3.8) is 0 Å². The van der Waals surface area contributed by atoms with Crippen molar-refractivity contribution in [2.75, 3.05) is 18.8 Å². The van der Waals surface area contributed by atoms with E-state index in [0.29, 0.717) is 10.6 Å². The number of carbonyl (C=O) groups is 1. The minimum atomic E-state index is 0.111. The molecule has 0 atom stereocenters. The lowest BCUT2D eigenvalue weighted by Gasteiger charge is -2.33. The molecule has 0 unspecified atom stereocenters. The van der Waals surface area contributed by atoms with Gasteiger partial charge in [0, 0.05) is 13.1 Å². The van der Waals surface area contributed by atoms with Gasteiger partial charge in [0.05, 0.1) is 5.69 Å². The van der Waals surface area contributed by atoms with Crippen molar-refractivity contribution in [3.8, 4) is 0 Å². The van der Waals surface area contributed by atoms with Crippen molar-refractivity contribution in [2.45, 2.75) is 26.7 Å². The number of anilines is 1. The molecule has 1 aromatic heterocycles. The quantitative estimate of drug-likeness (QED) is 0.879. The van der Waals surface area contributed by atoms with E-state index < -0.39 is 0 Å². The summed E-state index contributed by atoms with van der Waals surface area (Å²) >= 11 is 1.44. The smallest absolute Gasteiger partial charge is 0.266 e. The van der Waals surface area contributed by atoms with E-state index >= 15 is 0 Å². The molecule has 1 saturated heterocycles. The molecule has 0 bridgehead atoms. The average molecular weight is 252 g/mol. The molecular weight excluding hydrogens is 232 g/mol. The Balaban J connectivity index is 1.98. The van der Waals surface area contributed by atoms with Gasteiger partial charge >= 0.3 is 0 Å². The molecular formula is C13H20N2OS. The van der Waals surface area contributed by atoms with E-state index in [1.807, 2.05) is 10.3 Å². The zero-order valence-corrected chi connectivity index (χ0v) is 11.3. The molecule has 1 aliphatic heterocycles. The van der Waals surface area contributed by atoms with Crippen LogP contribution in [0.4, 0.5) is 5.69 Å². The first-order valence-corrected chi connectivity index (χ1v) is 7.09. The Bertz CT molecular complexity index is 392. The van der Waals surface area contributed by atoms with E-state index in [2.05, 4.69) is 13.8 Å². The monoisotopic (exact) mass is 252 g/mol. The highest BCUT2D eigenvalue weighted by atomic mass is 32.1. The Labute approximate surface area is 107 Å². The number of rotatable bonds is 2. The van der Waals surface area contributed by atoms with Gasteiger partial charge in [-0.05, 0) is 36.1 Å². The first-order valence-electron chi connectivity index (χ1n) is 6.22. The van der Waals surface area contributed by atoms with Gasteiger partial charge in [-0.1, -0.05) is 13.8 Å². The van der Waals surface area contributed by atoms with E-state index in [1.54, 1.807) is 6.07 Å². The second kappa shape index (κ2) is 5.08. The molecule has 1 aromatic rings. The van der Waals surface area contributed by atoms with Gasteiger partial charge in [-0.3, -0.25) is 4.79 Å². The van der Waals surface area contributed by atoms with Crippen LogP contribution in [0.25, 0.3) is 0 Å². The Morgan fingerprint density at radius 3 is 2.59 bits per heavy atom. The number of hydrogen-bond acceptors (Lipinski definition) is 3. The van der Waals surface area contributed by atoms with Crippen molar-refractivity contribution in [2.24, 2.45) is 11.8 Å². The van der Waals surface area contributed by atoms with Gasteiger partial charge < -0.3 is 10.6 Å². The zero-order chi connectivity index (χ0) is 12.4. The van der Waals surface area contributed by atoms with Crippen LogP contribution in [0.15, 0.2) is 11.4 Å². The van der Waals surface area contributed by atoms with Crippen LogP contribution in [0.1, 0.15) is 36.4 Å². The molecule has 0 aromatic carbocycles. The van der Waals surface area contributed by atoms with Gasteiger partial charge in [0.2, 0.25) is 0 Å². The number of carbonyl (C=O) groups excluding carboxylic acids is 1. The van der Waals surface area contributed by atoms with Crippen LogP contribution in [0.5, 0.6) is 0 Å². The highest BCUT2D eigenvalue weighted by Gasteiger charge is 2.26. The zero-order valence-electron chi connectivity index (χ0n) is 10.5. The second-order valence-corrected chi connectivity index (χ2v) is 5.99. The maximum Gasteiger partial charge on any atom is 0.266 e. The molecule has 4 heteroatoms. The number of likely N-dealkylation sites (tertiary alicyclic amines) is 1. The van der Waals surface area contributed by atoms with Crippen molar-refractivity contribution >= 4 is 22.9 Å². The lowest BCUT2D eigenvalue weighted by Crippen LogP contribution is -2.39. The summed E-state index contributed by atoms with van der Waals surface area (Å²) in [5, 5.41) is 1.88. The molecule has 1 amide bonds. The Morgan fingerprint density at radius 2 is 2.12 bits per heavy atom. The van der Waals surface area contributed by atoms with E-state index in [9.17, 15) is 4.79 Å². The fourth-order valence-corrected chi connectivity index (χ4v) is 3.19. The van der Waals surface area contributed by atoms with Crippen LogP contribution in [-0.4, -0.2) is 23.9 Å². The van der Waals surface area contributed by atoms with E-state index in [0.717, 1.165) is 37.8 Å². The van der Waals surface area contributed by atoms with Crippen LogP contribution < -0.4 is 5.73 Å². The van der Waals surface area contributed by atoms with Crippen molar-refractivity contribution in [1.29, 1.82) is 0 Å². The highest BCUT2D eigenvalue weighted by molar-refractivity contribution is 7.12. The highest BCUT2D eigenvalue weighted by Crippen LogP contribution is 2.27. The normalized spacial score (nSPS) is 17.7. The molecule has 0 saturated carbocycles. The molecule has 0 spiro atoms. The molecule has 0 aliphatic carbocycles. The molecule has 0 radical (unpaired) electrons. The van der Waals surface area contributed by atoms with Crippen LogP contribution in [0.2, 0.25) is 0 Å². The predicted molar refractivity (Wildman–Crippen MR) is 72.2 cm³/mol. The first kappa shape index (κ1) is 12.4. The Hall–Kier alpha value is -1.03. The number of amides is 1. The molecule has 3 nitrogen and oxygen atoms in total. The molecule has 2 N–H and O–H groups in total. The van der Waals surface area contributed by atoms with Gasteiger partial charge in [-0.15, -0.1) is 11.3 Å². The first-order chi connectivity index (χ1) is 8.09. The number of nitrogen functional groups attached to an aromatic ring is 1. The number of thiophene rings is 1. The Morgan fingerprint density at radius 1 is 1.47 bits per heavy atom. The van der Waals surface area contributed by atoms with E-state index in [4.69, 9.17) is 5.73 Å². The Kier molecular flexibility index (Phi) is 3.72. The van der Waals surface area contributed by atoms with Crippen LogP contribution in [0, 0.1) is 11.8 Å². The van der Waals surface area contributed by atoms with Crippen molar-refractivity contribution in [3.05, 3.63) is 16.3 Å². The number of nitrogens with two attached hydrogens (primary N) is 1. The topological polar surface area (TPSA) is 46.3 Å². The molecule has 94 valence electrons. The number of piperidine rings is 1. The molecule has 1 fully saturated rings. The van der Waals surface area contributed by atoms with Gasteiger partial charge in [-0.2, -0.15) is 0 Å². The minimum Gasteiger partial charge on any atom is -0.397 e. The van der Waals surface area contributed by atoms with Crippen molar-refractivity contribution < 1.29 is 4.79 Å². The van der Waals surface area contributed by atoms with Crippen LogP contribution in [-0.2, 0) is 0 Å². The molecule has 2 rings (SSSR count). The summed E-state index contributed by atoms with van der Waals surface area (Å²) in [7, 11) is 0. The summed E-state index contributed by atoms with van der Waals surface area (Å²) < 4.78 is 0. The van der Waals surface area contributed by atoms with E-state index in [-0.39, 0.29) is 5.91 Å². The number of nitrogens with zero attached hydrogens (tertiary/aromatic N) is 1. The van der Waals surface area contributed by atoms with Crippen molar-refractivity contribution in [1.82, 2.24) is 4.90 Å². The molecule has 2 heterocycles. The maximum absolute atomic E-state index is 12.2. The molecule has 17 heavy (non-hydrogen) atoms. The summed E-state index contributed by atoms with van der Waals surface area (Å²) in [6, 6.07) is 1.80. The summed E-state index contributed by atoms with van der Waals surface area (Å²) in [6.45, 7) is 6.27. The SMILES string of the molecule is CC(C)C1CCN(C(=O)c2sccc2N)CC1. The van der Waals surface area contributed by atoms with E-state index in [1.165, 1.54) is 11.3 Å². The lowest BCUT2D eigenvalue weighted by atomic mass is 9.87. The third kappa shape index (κ3) is 2.63. The summed E-state index contributed by atoms with van der Waals surface area (Å²) in [5.74, 6) is 1.60. The summed E-state index contributed by atoms with van der Waals surface area (Å²) in [5.41, 5.74) is 6.40. The minimum absolute atomic E-state index is 0.111. The van der Waals surface area contributed by atoms with Crippen LogP contribution in [0.3, 0.4) is 0 Å². The fourth-order valence-electron chi connectivity index (χ4n) is 2.41. The van der Waals surface area contributed by atoms with Crippen LogP contribution >= 0.6 is 11.3 Å². The summed E-state index contributed by atoms with van der Waals surface area (Å²) in [4.78, 5) is 14.9. The van der Waals surface area contributed by atoms with Gasteiger partial charge in [0.1, 0.15) is 4.88 Å². The summed E-state index contributed by atoms with van der Waals surface area (Å²) in [6.07, 6.45) is 2.24. The maximum atomic E-state index is 12.2. The third-order valence-electron chi connectivity index (χ3n) is 3.66. The van der Waals surface area contributed by atoms with Gasteiger partial charge in [0.25, 0.3) is 5.91 Å². The standard InChI is InChI=1S/C13H20N2OS/c1-9(2)10-3-6-15(7-4-10)13(16)12-11(14)5-8-17-12/h5,8-10H,3-4,6-7,14H2,1-2H3. The van der Waals surface area contributed by atoms with Gasteiger partial charge in [0.15, 0.2) is 0 Å². The van der Waals surface area contributed by atoms with Gasteiger partial charge in [-0.25, -0.2) is 0 Å². The average Bonchev–Trinajstić information content (AvgIpc) is 2.74. The third-order valence-corrected chi connectivity index (χ3v) is 4.58. The predicted octanol–water partition coefficient (Wildman–Crippen LogP) is 2.84.